The van der Waals surface area contributed by atoms with Gasteiger partial charge in [-0.25, -0.2) is 4.39 Å². The third-order valence-electron chi connectivity index (χ3n) is 3.37. The van der Waals surface area contributed by atoms with Gasteiger partial charge in [0.15, 0.2) is 0 Å². The second-order valence-corrected chi connectivity index (χ2v) is 5.24. The van der Waals surface area contributed by atoms with Gasteiger partial charge in [-0.3, -0.25) is 4.79 Å². The van der Waals surface area contributed by atoms with Crippen LogP contribution in [0.1, 0.15) is 29.6 Å². The Balaban J connectivity index is 2.07. The number of hydrogen-bond donors (Lipinski definition) is 2. The van der Waals surface area contributed by atoms with Crippen LogP contribution in [0.5, 0.6) is 5.75 Å². The third-order valence-corrected chi connectivity index (χ3v) is 4.20. The second kappa shape index (κ2) is 5.69. The molecular weight excluding hydrogens is 301 g/mol. The lowest BCUT2D eigenvalue weighted by Gasteiger charge is -2.19. The van der Waals surface area contributed by atoms with Gasteiger partial charge in [-0.05, 0) is 30.9 Å². The van der Waals surface area contributed by atoms with Crippen molar-refractivity contribution in [2.24, 2.45) is 5.92 Å². The number of aromatic hydroxyl groups is 1. The summed E-state index contributed by atoms with van der Waals surface area (Å²) in [5.41, 5.74) is -0.0203. The number of carbonyl (C=O) groups is 1. The van der Waals surface area contributed by atoms with Gasteiger partial charge in [0.1, 0.15) is 11.6 Å². The van der Waals surface area contributed by atoms with Crippen molar-refractivity contribution in [2.45, 2.75) is 25.3 Å². The summed E-state index contributed by atoms with van der Waals surface area (Å²) in [4.78, 5) is 11.9. The van der Waals surface area contributed by atoms with E-state index < -0.39 is 11.7 Å². The molecule has 0 spiro atoms. The Morgan fingerprint density at radius 1 is 1.50 bits per heavy atom. The number of alkyl halides is 1. The number of nitrogens with one attached hydrogen (secondary N) is 1. The number of benzene rings is 1. The number of hydrogen-bond acceptors (Lipinski definition) is 2. The van der Waals surface area contributed by atoms with Crippen molar-refractivity contribution in [2.75, 3.05) is 5.33 Å². The van der Waals surface area contributed by atoms with E-state index in [1.807, 2.05) is 0 Å². The van der Waals surface area contributed by atoms with E-state index in [2.05, 4.69) is 21.2 Å². The van der Waals surface area contributed by atoms with Gasteiger partial charge >= 0.3 is 0 Å². The lowest BCUT2D eigenvalue weighted by molar-refractivity contribution is 0.0926. The first-order valence-electron chi connectivity index (χ1n) is 5.97. The zero-order chi connectivity index (χ0) is 13.1. The summed E-state index contributed by atoms with van der Waals surface area (Å²) >= 11 is 3.43. The number of phenols is 1. The Morgan fingerprint density at radius 2 is 2.28 bits per heavy atom. The molecular formula is C13H15BrFNO2. The van der Waals surface area contributed by atoms with Gasteiger partial charge in [-0.15, -0.1) is 0 Å². The van der Waals surface area contributed by atoms with E-state index in [1.54, 1.807) is 0 Å². The van der Waals surface area contributed by atoms with Crippen molar-refractivity contribution in [1.82, 2.24) is 5.32 Å². The maximum atomic E-state index is 13.5. The molecule has 98 valence electrons. The van der Waals surface area contributed by atoms with Gasteiger partial charge in [-0.2, -0.15) is 0 Å². The summed E-state index contributed by atoms with van der Waals surface area (Å²) in [5.74, 6) is -0.872. The molecule has 1 saturated carbocycles. The van der Waals surface area contributed by atoms with Crippen LogP contribution < -0.4 is 5.32 Å². The van der Waals surface area contributed by atoms with Crippen LogP contribution in [0.3, 0.4) is 0 Å². The third kappa shape index (κ3) is 2.83. The fourth-order valence-corrected chi connectivity index (χ4v) is 3.12. The van der Waals surface area contributed by atoms with E-state index in [9.17, 15) is 9.18 Å². The van der Waals surface area contributed by atoms with Crippen molar-refractivity contribution in [1.29, 1.82) is 0 Å². The monoisotopic (exact) mass is 315 g/mol. The van der Waals surface area contributed by atoms with Crippen molar-refractivity contribution < 1.29 is 14.3 Å². The molecule has 5 heteroatoms. The molecule has 1 aliphatic rings. The molecule has 2 N–H and O–H groups in total. The highest BCUT2D eigenvalue weighted by molar-refractivity contribution is 9.09. The fourth-order valence-electron chi connectivity index (χ4n) is 2.35. The van der Waals surface area contributed by atoms with Crippen LogP contribution in [-0.2, 0) is 0 Å². The molecule has 1 aromatic rings. The first-order chi connectivity index (χ1) is 8.61. The number of carbonyl (C=O) groups excluding carboxylic acids is 1. The summed E-state index contributed by atoms with van der Waals surface area (Å²) < 4.78 is 13.5. The van der Waals surface area contributed by atoms with Gasteiger partial charge < -0.3 is 10.4 Å². The standard InChI is InChI=1S/C13H15BrFNO2/c14-7-8-2-1-3-12(8)16-13(18)10-5-4-9(17)6-11(10)15/h4-6,8,12,17H,1-3,7H2,(H,16,18). The van der Waals surface area contributed by atoms with Gasteiger partial charge in [-0.1, -0.05) is 22.4 Å². The first-order valence-corrected chi connectivity index (χ1v) is 7.09. The largest absolute Gasteiger partial charge is 0.508 e. The molecule has 0 radical (unpaired) electrons. The molecule has 18 heavy (non-hydrogen) atoms. The van der Waals surface area contributed by atoms with Crippen molar-refractivity contribution in [3.8, 4) is 5.75 Å². The summed E-state index contributed by atoms with van der Waals surface area (Å²) in [6.07, 6.45) is 3.09. The smallest absolute Gasteiger partial charge is 0.254 e. The molecule has 2 unspecified atom stereocenters. The molecule has 0 aromatic heterocycles. The molecule has 0 bridgehead atoms. The van der Waals surface area contributed by atoms with Crippen molar-refractivity contribution in [3.05, 3.63) is 29.6 Å². The van der Waals surface area contributed by atoms with E-state index in [1.165, 1.54) is 12.1 Å². The summed E-state index contributed by atoms with van der Waals surface area (Å²) in [7, 11) is 0. The summed E-state index contributed by atoms with van der Waals surface area (Å²) in [5, 5.41) is 12.8. The molecule has 1 fully saturated rings. The molecule has 0 aliphatic heterocycles. The number of halogens is 2. The molecule has 2 rings (SSSR count). The van der Waals surface area contributed by atoms with Crippen LogP contribution >= 0.6 is 15.9 Å². The maximum Gasteiger partial charge on any atom is 0.254 e. The lowest BCUT2D eigenvalue weighted by Crippen LogP contribution is -2.38. The van der Waals surface area contributed by atoms with Crippen LogP contribution in [0.15, 0.2) is 18.2 Å². The maximum absolute atomic E-state index is 13.5. The molecule has 3 nitrogen and oxygen atoms in total. The molecule has 2 atom stereocenters. The second-order valence-electron chi connectivity index (χ2n) is 4.59. The van der Waals surface area contributed by atoms with E-state index in [0.717, 1.165) is 30.7 Å². The average Bonchev–Trinajstić information content (AvgIpc) is 2.76. The Kier molecular flexibility index (Phi) is 4.22. The number of phenolic OH excluding ortho intramolecular Hbond substituents is 1. The van der Waals surface area contributed by atoms with Crippen molar-refractivity contribution in [3.63, 3.8) is 0 Å². The van der Waals surface area contributed by atoms with Gasteiger partial charge in [0.25, 0.3) is 5.91 Å². The minimum absolute atomic E-state index is 0.0203. The molecule has 0 heterocycles. The quantitative estimate of drug-likeness (QED) is 0.843. The summed E-state index contributed by atoms with van der Waals surface area (Å²) in [6, 6.07) is 3.67. The van der Waals surface area contributed by atoms with Gasteiger partial charge in [0.2, 0.25) is 0 Å². The SMILES string of the molecule is O=C(NC1CCCC1CBr)c1ccc(O)cc1F. The summed E-state index contributed by atoms with van der Waals surface area (Å²) in [6.45, 7) is 0. The van der Waals surface area contributed by atoms with Crippen LogP contribution in [0, 0.1) is 11.7 Å². The lowest BCUT2D eigenvalue weighted by atomic mass is 10.1. The minimum Gasteiger partial charge on any atom is -0.508 e. The van der Waals surface area contributed by atoms with Crippen LogP contribution in [0.4, 0.5) is 4.39 Å². The Hall–Kier alpha value is -1.10. The van der Waals surface area contributed by atoms with E-state index >= 15 is 0 Å². The van der Waals surface area contributed by atoms with Crippen LogP contribution in [0.25, 0.3) is 0 Å². The highest BCUT2D eigenvalue weighted by Crippen LogP contribution is 2.27. The predicted octanol–water partition coefficient (Wildman–Crippen LogP) is 2.82. The molecule has 1 amide bonds. The van der Waals surface area contributed by atoms with Gasteiger partial charge in [0.05, 0.1) is 5.56 Å². The van der Waals surface area contributed by atoms with E-state index in [-0.39, 0.29) is 17.4 Å². The normalized spacial score (nSPS) is 23.0. The van der Waals surface area contributed by atoms with Crippen molar-refractivity contribution >= 4 is 21.8 Å². The topological polar surface area (TPSA) is 49.3 Å². The average molecular weight is 316 g/mol. The minimum atomic E-state index is -0.694. The van der Waals surface area contributed by atoms with Crippen LogP contribution in [-0.4, -0.2) is 22.4 Å². The highest BCUT2D eigenvalue weighted by atomic mass is 79.9. The Labute approximate surface area is 114 Å². The van der Waals surface area contributed by atoms with Crippen LogP contribution in [0.2, 0.25) is 0 Å². The molecule has 0 saturated heterocycles. The van der Waals surface area contributed by atoms with Gasteiger partial charge in [0, 0.05) is 17.4 Å². The molecule has 1 aromatic carbocycles. The number of rotatable bonds is 3. The Bertz CT molecular complexity index is 453. The van der Waals surface area contributed by atoms with E-state index in [0.29, 0.717) is 5.92 Å². The zero-order valence-corrected chi connectivity index (χ0v) is 11.4. The fraction of sp³-hybridized carbons (Fsp3) is 0.462. The predicted molar refractivity (Wildman–Crippen MR) is 70.5 cm³/mol. The highest BCUT2D eigenvalue weighted by Gasteiger charge is 2.28. The molecule has 1 aliphatic carbocycles. The first kappa shape index (κ1) is 13.3. The number of amides is 1. The zero-order valence-electron chi connectivity index (χ0n) is 9.83. The Morgan fingerprint density at radius 3 is 2.94 bits per heavy atom. The van der Waals surface area contributed by atoms with E-state index in [4.69, 9.17) is 5.11 Å².